The smallest absolute Gasteiger partial charge is 0.393 e. The zero-order chi connectivity index (χ0) is 25.7. The Hall–Kier alpha value is -2.64. The molecule has 0 unspecified atom stereocenters. The fourth-order valence-electron chi connectivity index (χ4n) is 3.52. The number of hydrogen-bond acceptors (Lipinski definition) is 7. The van der Waals surface area contributed by atoms with Crippen LogP contribution in [0.1, 0.15) is 11.1 Å². The van der Waals surface area contributed by atoms with Gasteiger partial charge in [0.2, 0.25) is 10.0 Å². The van der Waals surface area contributed by atoms with Crippen LogP contribution in [0.2, 0.25) is 0 Å². The van der Waals surface area contributed by atoms with Crippen molar-refractivity contribution < 1.29 is 49.0 Å². The lowest BCUT2D eigenvalue weighted by atomic mass is 10.1. The van der Waals surface area contributed by atoms with Gasteiger partial charge in [0.1, 0.15) is 16.9 Å². The largest absolute Gasteiger partial charge is 0.416 e. The van der Waals surface area contributed by atoms with Gasteiger partial charge in [-0.3, -0.25) is 0 Å². The van der Waals surface area contributed by atoms with Crippen molar-refractivity contribution >= 4 is 19.9 Å². The molecule has 1 saturated heterocycles. The number of benzene rings is 2. The number of sulfonamides is 1. The van der Waals surface area contributed by atoms with Crippen LogP contribution < -0.4 is 0 Å². The van der Waals surface area contributed by atoms with Crippen LogP contribution in [0, 0.1) is 23.0 Å². The van der Waals surface area contributed by atoms with Crippen molar-refractivity contribution in [2.24, 2.45) is 0 Å². The van der Waals surface area contributed by atoms with E-state index in [1.807, 2.05) is 0 Å². The minimum atomic E-state index is -4.87. The van der Waals surface area contributed by atoms with Crippen LogP contribution in [0.5, 0.6) is 0 Å². The molecule has 15 heteroatoms. The fraction of sp³-hybridized carbons (Fsp3) is 0.316. The molecule has 2 N–H and O–H groups in total. The molecule has 2 atom stereocenters. The van der Waals surface area contributed by atoms with Gasteiger partial charge in [-0.1, -0.05) is 0 Å². The minimum Gasteiger partial charge on any atom is -0.393 e. The quantitative estimate of drug-likeness (QED) is 0.444. The number of rotatable bonds is 5. The van der Waals surface area contributed by atoms with Gasteiger partial charge in [-0.15, -0.1) is 0 Å². The molecule has 1 aliphatic heterocycles. The van der Waals surface area contributed by atoms with Crippen molar-refractivity contribution in [3.8, 4) is 6.07 Å². The van der Waals surface area contributed by atoms with E-state index in [4.69, 9.17) is 0 Å². The Morgan fingerprint density at radius 3 is 2.26 bits per heavy atom. The molecule has 0 aliphatic carbocycles. The predicted molar refractivity (Wildman–Crippen MR) is 104 cm³/mol. The summed E-state index contributed by atoms with van der Waals surface area (Å²) in [4.78, 5) is -1.68. The van der Waals surface area contributed by atoms with E-state index in [1.165, 1.54) is 6.07 Å². The molecule has 1 aliphatic rings. The molecular weight excluding hydrogens is 511 g/mol. The van der Waals surface area contributed by atoms with E-state index in [0.29, 0.717) is 40.7 Å². The highest BCUT2D eigenvalue weighted by molar-refractivity contribution is 7.92. The van der Waals surface area contributed by atoms with Gasteiger partial charge in [-0.25, -0.2) is 25.6 Å². The Morgan fingerprint density at radius 2 is 1.74 bits per heavy atom. The molecule has 1 heterocycles. The van der Waals surface area contributed by atoms with E-state index in [2.05, 4.69) is 0 Å². The maximum absolute atomic E-state index is 13.6. The first-order valence-corrected chi connectivity index (χ1v) is 12.2. The number of aliphatic hydroxyl groups is 2. The second-order valence-corrected chi connectivity index (χ2v) is 11.5. The van der Waals surface area contributed by atoms with Crippen LogP contribution in [-0.4, -0.2) is 61.9 Å². The van der Waals surface area contributed by atoms with Crippen LogP contribution in [-0.2, 0) is 26.0 Å². The normalized spacial score (nSPS) is 22.0. The summed E-state index contributed by atoms with van der Waals surface area (Å²) in [6.45, 7) is -3.26. The van der Waals surface area contributed by atoms with Gasteiger partial charge in [0.05, 0.1) is 27.5 Å². The molecule has 2 aromatic rings. The SMILES string of the molecule is N#Cc1cc(C(F)(F)F)ccc1S(=O)(=O)N1C[C@H](S(=O)(=O)c2ccc(F)c(F)c2)[C@](O)(CO)C1. The van der Waals surface area contributed by atoms with Gasteiger partial charge >= 0.3 is 6.18 Å². The van der Waals surface area contributed by atoms with Crippen molar-refractivity contribution in [1.82, 2.24) is 4.31 Å². The Kier molecular flexibility index (Phi) is 6.52. The first kappa shape index (κ1) is 26.0. The summed E-state index contributed by atoms with van der Waals surface area (Å²) in [6.07, 6.45) is -4.87. The summed E-state index contributed by atoms with van der Waals surface area (Å²) in [7, 11) is -9.59. The van der Waals surface area contributed by atoms with Crippen molar-refractivity contribution in [2.45, 2.75) is 26.8 Å². The maximum atomic E-state index is 13.6. The Bertz CT molecular complexity index is 1390. The predicted octanol–water partition coefficient (Wildman–Crippen LogP) is 1.43. The number of hydrogen-bond donors (Lipinski definition) is 2. The standard InChI is InChI=1S/C19H15F5N2O6S2/c20-14-3-2-13(6-15(14)21)33(29,30)17-8-26(9-18(17,28)10-27)34(31,32)16-4-1-12(19(22,23)24)5-11(16)7-25/h1-6,17,27-28H,8-10H2/t17-,18+/m0/s1. The van der Waals surface area contributed by atoms with Crippen molar-refractivity contribution in [1.29, 1.82) is 5.26 Å². The van der Waals surface area contributed by atoms with Gasteiger partial charge in [0, 0.05) is 13.1 Å². The summed E-state index contributed by atoms with van der Waals surface area (Å²) in [5, 5.41) is 27.5. The van der Waals surface area contributed by atoms with Gasteiger partial charge in [-0.05, 0) is 36.4 Å². The number of aliphatic hydroxyl groups excluding tert-OH is 1. The lowest BCUT2D eigenvalue weighted by molar-refractivity contribution is -0.137. The molecule has 8 nitrogen and oxygen atoms in total. The van der Waals surface area contributed by atoms with E-state index in [9.17, 15) is 54.3 Å². The molecule has 0 amide bonds. The molecule has 34 heavy (non-hydrogen) atoms. The molecule has 3 rings (SSSR count). The van der Waals surface area contributed by atoms with Crippen molar-refractivity contribution in [2.75, 3.05) is 19.7 Å². The van der Waals surface area contributed by atoms with Crippen LogP contribution >= 0.6 is 0 Å². The van der Waals surface area contributed by atoms with Crippen LogP contribution in [0.15, 0.2) is 46.2 Å². The van der Waals surface area contributed by atoms with E-state index < -0.39 is 89.1 Å². The minimum absolute atomic E-state index is 0.302. The summed E-state index contributed by atoms with van der Waals surface area (Å²) in [5.74, 6) is -2.89. The molecule has 0 aromatic heterocycles. The molecule has 0 saturated carbocycles. The number of nitrogens with zero attached hydrogens (tertiary/aromatic N) is 2. The third-order valence-corrected chi connectivity index (χ3v) is 9.45. The topological polar surface area (TPSA) is 136 Å². The zero-order valence-electron chi connectivity index (χ0n) is 16.8. The first-order valence-electron chi connectivity index (χ1n) is 9.21. The molecule has 0 bridgehead atoms. The van der Waals surface area contributed by atoms with Gasteiger partial charge in [0.15, 0.2) is 21.5 Å². The molecule has 0 radical (unpaired) electrons. The third-order valence-electron chi connectivity index (χ3n) is 5.33. The highest BCUT2D eigenvalue weighted by Gasteiger charge is 2.55. The summed E-state index contributed by atoms with van der Waals surface area (Å²) < 4.78 is 118. The molecule has 184 valence electrons. The molecule has 2 aromatic carbocycles. The summed E-state index contributed by atoms with van der Waals surface area (Å²) in [5.41, 5.74) is -4.78. The van der Waals surface area contributed by atoms with E-state index in [0.717, 1.165) is 0 Å². The third kappa shape index (κ3) is 4.39. The van der Waals surface area contributed by atoms with E-state index in [-0.39, 0.29) is 0 Å². The Balaban J connectivity index is 2.06. The van der Waals surface area contributed by atoms with E-state index >= 15 is 0 Å². The second-order valence-electron chi connectivity index (χ2n) is 7.49. The number of halogens is 5. The van der Waals surface area contributed by atoms with E-state index in [1.54, 1.807) is 0 Å². The van der Waals surface area contributed by atoms with Crippen LogP contribution in [0.3, 0.4) is 0 Å². The van der Waals surface area contributed by atoms with Gasteiger partial charge < -0.3 is 10.2 Å². The van der Waals surface area contributed by atoms with Crippen LogP contribution in [0.4, 0.5) is 22.0 Å². The molecular formula is C19H15F5N2O6S2. The van der Waals surface area contributed by atoms with Crippen molar-refractivity contribution in [3.63, 3.8) is 0 Å². The zero-order valence-corrected chi connectivity index (χ0v) is 18.4. The summed E-state index contributed by atoms with van der Waals surface area (Å²) >= 11 is 0. The van der Waals surface area contributed by atoms with Crippen LogP contribution in [0.25, 0.3) is 0 Å². The average Bonchev–Trinajstić information content (AvgIpc) is 3.14. The fourth-order valence-corrected chi connectivity index (χ4v) is 7.22. The molecule has 1 fully saturated rings. The lowest BCUT2D eigenvalue weighted by Gasteiger charge is -2.26. The summed E-state index contributed by atoms with van der Waals surface area (Å²) in [6, 6.07) is 4.09. The Morgan fingerprint density at radius 1 is 1.09 bits per heavy atom. The average molecular weight is 526 g/mol. The maximum Gasteiger partial charge on any atom is 0.416 e. The van der Waals surface area contributed by atoms with Gasteiger partial charge in [-0.2, -0.15) is 22.7 Å². The van der Waals surface area contributed by atoms with Crippen molar-refractivity contribution in [3.05, 3.63) is 59.2 Å². The number of β-amino-alcohol motifs (C(OH)–C–C–N with tert-alkyl or cyclic N) is 1. The number of nitriles is 1. The second kappa shape index (κ2) is 8.54. The number of alkyl halides is 3. The lowest BCUT2D eigenvalue weighted by Crippen LogP contribution is -2.49. The highest BCUT2D eigenvalue weighted by atomic mass is 32.2. The molecule has 0 spiro atoms. The Labute approximate surface area is 190 Å². The number of sulfone groups is 1. The van der Waals surface area contributed by atoms with Gasteiger partial charge in [0.25, 0.3) is 0 Å². The first-order chi connectivity index (χ1) is 15.6. The monoisotopic (exact) mass is 526 g/mol. The highest BCUT2D eigenvalue weighted by Crippen LogP contribution is 2.37.